The van der Waals surface area contributed by atoms with Crippen molar-refractivity contribution in [2.75, 3.05) is 0 Å². The molecule has 0 radical (unpaired) electrons. The Balaban J connectivity index is 2.41. The maximum Gasteiger partial charge on any atom is 0.379 e. The van der Waals surface area contributed by atoms with Crippen LogP contribution in [0.5, 0.6) is 0 Å². The van der Waals surface area contributed by atoms with Gasteiger partial charge in [-0.1, -0.05) is 12.8 Å². The number of carbonyl (C=O) groups is 1. The summed E-state index contributed by atoms with van der Waals surface area (Å²) in [7, 11) is 0. The van der Waals surface area contributed by atoms with E-state index in [1.54, 1.807) is 0 Å². The fourth-order valence-corrected chi connectivity index (χ4v) is 1.57. The third kappa shape index (κ3) is 3.90. The average molecular weight is 233 g/mol. The number of carbonyl (C=O) groups excluding carboxylic acids is 1. The number of allylic oxidation sites excluding steroid dienone is 2. The molecule has 0 aromatic rings. The van der Waals surface area contributed by atoms with Gasteiger partial charge in [0.2, 0.25) is 0 Å². The molecular weight excluding hydrogens is 220 g/mol. The van der Waals surface area contributed by atoms with E-state index in [-0.39, 0.29) is 4.88 Å². The Labute approximate surface area is 81.1 Å². The van der Waals surface area contributed by atoms with Gasteiger partial charge in [-0.25, -0.2) is 4.79 Å². The monoisotopic (exact) mass is 232 g/mol. The van der Waals surface area contributed by atoms with Crippen LogP contribution in [0.1, 0.15) is 38.5 Å². The number of hydrogen-bond donors (Lipinski definition) is 0. The molecule has 0 aromatic carbocycles. The molecule has 68 valence electrons. The SMILES string of the molecule is O=C(Br)OC1=CCCCCCC1. The average Bonchev–Trinajstić information content (AvgIpc) is 1.93. The summed E-state index contributed by atoms with van der Waals surface area (Å²) >= 11 is 2.75. The van der Waals surface area contributed by atoms with Crippen molar-refractivity contribution in [3.05, 3.63) is 11.8 Å². The van der Waals surface area contributed by atoms with Crippen molar-refractivity contribution in [1.82, 2.24) is 0 Å². The van der Waals surface area contributed by atoms with Crippen LogP contribution in [0, 0.1) is 0 Å². The highest BCUT2D eigenvalue weighted by atomic mass is 79.9. The molecule has 0 aliphatic heterocycles. The van der Waals surface area contributed by atoms with Gasteiger partial charge in [-0.2, -0.15) is 0 Å². The first-order valence-corrected chi connectivity index (χ1v) is 5.14. The first-order valence-electron chi connectivity index (χ1n) is 4.35. The summed E-state index contributed by atoms with van der Waals surface area (Å²) in [6.45, 7) is 0. The van der Waals surface area contributed by atoms with Crippen molar-refractivity contribution in [2.45, 2.75) is 38.5 Å². The Kier molecular flexibility index (Phi) is 4.36. The predicted octanol–water partition coefficient (Wildman–Crippen LogP) is 3.76. The molecule has 1 aliphatic carbocycles. The molecule has 3 heteroatoms. The second kappa shape index (κ2) is 5.36. The van der Waals surface area contributed by atoms with Crippen LogP contribution in [-0.4, -0.2) is 4.88 Å². The molecule has 0 heterocycles. The van der Waals surface area contributed by atoms with E-state index in [4.69, 9.17) is 4.74 Å². The second-order valence-electron chi connectivity index (χ2n) is 2.96. The van der Waals surface area contributed by atoms with Gasteiger partial charge in [-0.05, 0) is 25.3 Å². The van der Waals surface area contributed by atoms with E-state index >= 15 is 0 Å². The van der Waals surface area contributed by atoms with Crippen molar-refractivity contribution < 1.29 is 9.53 Å². The lowest BCUT2D eigenvalue weighted by Crippen LogP contribution is -1.97. The van der Waals surface area contributed by atoms with Crippen LogP contribution < -0.4 is 0 Å². The fraction of sp³-hybridized carbons (Fsp3) is 0.667. The lowest BCUT2D eigenvalue weighted by molar-refractivity contribution is 0.201. The third-order valence-electron chi connectivity index (χ3n) is 1.96. The van der Waals surface area contributed by atoms with Crippen LogP contribution in [0.2, 0.25) is 0 Å². The lowest BCUT2D eigenvalue weighted by Gasteiger charge is -2.09. The Morgan fingerprint density at radius 1 is 1.33 bits per heavy atom. The topological polar surface area (TPSA) is 26.3 Å². The van der Waals surface area contributed by atoms with Crippen LogP contribution in [0.3, 0.4) is 0 Å². The van der Waals surface area contributed by atoms with Crippen LogP contribution in [0.4, 0.5) is 4.79 Å². The minimum Gasteiger partial charge on any atom is -0.423 e. The minimum absolute atomic E-state index is 0.380. The molecule has 0 bridgehead atoms. The number of ether oxygens (including phenoxy) is 1. The predicted molar refractivity (Wildman–Crippen MR) is 51.2 cm³/mol. The molecule has 2 nitrogen and oxygen atoms in total. The van der Waals surface area contributed by atoms with Crippen LogP contribution >= 0.6 is 15.9 Å². The summed E-state index contributed by atoms with van der Waals surface area (Å²) < 4.78 is 4.97. The van der Waals surface area contributed by atoms with Crippen LogP contribution in [0.25, 0.3) is 0 Å². The molecule has 0 fully saturated rings. The molecule has 0 unspecified atom stereocenters. The lowest BCUT2D eigenvalue weighted by atomic mass is 10.1. The molecule has 0 saturated heterocycles. The molecule has 0 aromatic heterocycles. The van der Waals surface area contributed by atoms with Gasteiger partial charge in [-0.3, -0.25) is 0 Å². The maximum absolute atomic E-state index is 10.6. The Morgan fingerprint density at radius 2 is 2.08 bits per heavy atom. The molecule has 0 spiro atoms. The van der Waals surface area contributed by atoms with Crippen LogP contribution in [0.15, 0.2) is 11.8 Å². The molecule has 0 saturated carbocycles. The Hall–Kier alpha value is -0.310. The first kappa shape index (κ1) is 9.78. The summed E-state index contributed by atoms with van der Waals surface area (Å²) in [5.74, 6) is 0.830. The number of hydrogen-bond acceptors (Lipinski definition) is 2. The molecule has 0 atom stereocenters. The Bertz CT molecular complexity index is 187. The molecule has 1 aliphatic rings. The zero-order valence-electron chi connectivity index (χ0n) is 7.01. The van der Waals surface area contributed by atoms with E-state index in [0.29, 0.717) is 0 Å². The van der Waals surface area contributed by atoms with Gasteiger partial charge in [0.1, 0.15) is 5.76 Å². The third-order valence-corrected chi connectivity index (χ3v) is 2.12. The highest BCUT2D eigenvalue weighted by Crippen LogP contribution is 2.18. The summed E-state index contributed by atoms with van der Waals surface area (Å²) in [5.41, 5.74) is 0. The zero-order valence-corrected chi connectivity index (χ0v) is 8.60. The van der Waals surface area contributed by atoms with Gasteiger partial charge < -0.3 is 4.74 Å². The quantitative estimate of drug-likeness (QED) is 0.644. The van der Waals surface area contributed by atoms with Crippen molar-refractivity contribution >= 4 is 20.8 Å². The molecule has 12 heavy (non-hydrogen) atoms. The van der Waals surface area contributed by atoms with E-state index in [1.807, 2.05) is 6.08 Å². The highest BCUT2D eigenvalue weighted by Gasteiger charge is 2.05. The highest BCUT2D eigenvalue weighted by molar-refractivity contribution is 9.18. The molecular formula is C9H13BrO2. The van der Waals surface area contributed by atoms with Gasteiger partial charge in [-0.15, -0.1) is 0 Å². The second-order valence-corrected chi connectivity index (χ2v) is 3.61. The summed E-state index contributed by atoms with van der Waals surface area (Å²) in [6, 6.07) is 0. The van der Waals surface area contributed by atoms with E-state index in [9.17, 15) is 4.79 Å². The Morgan fingerprint density at radius 3 is 2.83 bits per heavy atom. The fourth-order valence-electron chi connectivity index (χ4n) is 1.36. The minimum atomic E-state index is -0.380. The van der Waals surface area contributed by atoms with E-state index in [2.05, 4.69) is 15.9 Å². The summed E-state index contributed by atoms with van der Waals surface area (Å²) in [6.07, 6.45) is 8.85. The van der Waals surface area contributed by atoms with Gasteiger partial charge in [0.25, 0.3) is 0 Å². The smallest absolute Gasteiger partial charge is 0.379 e. The van der Waals surface area contributed by atoms with Gasteiger partial charge in [0.05, 0.1) is 0 Å². The van der Waals surface area contributed by atoms with Crippen LogP contribution in [-0.2, 0) is 4.74 Å². The van der Waals surface area contributed by atoms with E-state index in [1.165, 1.54) is 19.3 Å². The van der Waals surface area contributed by atoms with Crippen molar-refractivity contribution in [1.29, 1.82) is 0 Å². The molecule has 0 amide bonds. The summed E-state index contributed by atoms with van der Waals surface area (Å²) in [5, 5.41) is 0. The largest absolute Gasteiger partial charge is 0.423 e. The van der Waals surface area contributed by atoms with Crippen molar-refractivity contribution in [3.8, 4) is 0 Å². The van der Waals surface area contributed by atoms with Gasteiger partial charge >= 0.3 is 4.88 Å². The standard InChI is InChI=1S/C9H13BrO2/c10-9(11)12-8-6-4-2-1-3-5-7-8/h6H,1-5,7H2. The van der Waals surface area contributed by atoms with Gasteiger partial charge in [0, 0.05) is 22.4 Å². The normalized spacial score (nSPS) is 18.9. The number of rotatable bonds is 1. The van der Waals surface area contributed by atoms with Crippen molar-refractivity contribution in [3.63, 3.8) is 0 Å². The maximum atomic E-state index is 10.6. The first-order chi connectivity index (χ1) is 5.79. The summed E-state index contributed by atoms with van der Waals surface area (Å²) in [4.78, 5) is 10.2. The van der Waals surface area contributed by atoms with Crippen molar-refractivity contribution in [2.24, 2.45) is 0 Å². The van der Waals surface area contributed by atoms with E-state index < -0.39 is 0 Å². The zero-order chi connectivity index (χ0) is 8.81. The molecule has 0 N–H and O–H groups in total. The number of halogens is 1. The van der Waals surface area contributed by atoms with E-state index in [0.717, 1.165) is 25.0 Å². The molecule has 1 rings (SSSR count). The van der Waals surface area contributed by atoms with Gasteiger partial charge in [0.15, 0.2) is 0 Å².